The summed E-state index contributed by atoms with van der Waals surface area (Å²) in [7, 11) is 0. The Hall–Kier alpha value is -3.55. The van der Waals surface area contributed by atoms with Crippen molar-refractivity contribution < 1.29 is 14.0 Å². The number of carbonyl (C=O) groups is 2. The van der Waals surface area contributed by atoms with Gasteiger partial charge < -0.3 is 10.2 Å². The summed E-state index contributed by atoms with van der Waals surface area (Å²) in [5.41, 5.74) is 2.87. The molecule has 1 aliphatic heterocycles. The van der Waals surface area contributed by atoms with E-state index in [9.17, 15) is 14.0 Å². The molecule has 6 rings (SSSR count). The lowest BCUT2D eigenvalue weighted by molar-refractivity contribution is -0.125. The monoisotopic (exact) mass is 473 g/mol. The summed E-state index contributed by atoms with van der Waals surface area (Å²) in [5, 5.41) is 7.22. The van der Waals surface area contributed by atoms with E-state index in [1.165, 1.54) is 12.1 Å². The highest BCUT2D eigenvalue weighted by atomic mass is 19.1. The second-order valence-electron chi connectivity index (χ2n) is 10.3. The minimum atomic E-state index is -0.365. The summed E-state index contributed by atoms with van der Waals surface area (Å²) in [5.74, 6) is -0.119. The fraction of sp³-hybridized carbons (Fsp3) is 0.407. The molecule has 3 aliphatic rings. The van der Waals surface area contributed by atoms with Crippen molar-refractivity contribution in [3.05, 3.63) is 66.0 Å². The number of anilines is 1. The van der Waals surface area contributed by atoms with Crippen LogP contribution in [-0.2, 0) is 11.3 Å². The molecule has 2 saturated carbocycles. The average molecular weight is 474 g/mol. The van der Waals surface area contributed by atoms with Gasteiger partial charge in [-0.2, -0.15) is 5.10 Å². The molecule has 8 heteroatoms. The third kappa shape index (κ3) is 4.22. The minimum Gasteiger partial charge on any atom is -0.347 e. The number of amides is 2. The Bertz CT molecular complexity index is 1310. The predicted octanol–water partition coefficient (Wildman–Crippen LogP) is 4.50. The van der Waals surface area contributed by atoms with Gasteiger partial charge in [-0.15, -0.1) is 0 Å². The van der Waals surface area contributed by atoms with E-state index in [2.05, 4.69) is 22.3 Å². The third-order valence-electron chi connectivity index (χ3n) is 7.62. The van der Waals surface area contributed by atoms with E-state index in [1.54, 1.807) is 29.4 Å². The summed E-state index contributed by atoms with van der Waals surface area (Å²) in [6.07, 6.45) is 10.6. The Morgan fingerprint density at radius 2 is 2.00 bits per heavy atom. The van der Waals surface area contributed by atoms with E-state index in [-0.39, 0.29) is 35.3 Å². The van der Waals surface area contributed by atoms with Crippen LogP contribution in [0.25, 0.3) is 11.1 Å². The molecule has 0 bridgehead atoms. The van der Waals surface area contributed by atoms with Crippen molar-refractivity contribution in [2.24, 2.45) is 11.3 Å². The fourth-order valence-corrected chi connectivity index (χ4v) is 5.14. The van der Waals surface area contributed by atoms with Crippen molar-refractivity contribution in [3.63, 3.8) is 0 Å². The van der Waals surface area contributed by atoms with Gasteiger partial charge in [-0.1, -0.05) is 6.92 Å². The van der Waals surface area contributed by atoms with E-state index in [4.69, 9.17) is 0 Å². The van der Waals surface area contributed by atoms with Gasteiger partial charge in [0, 0.05) is 36.7 Å². The van der Waals surface area contributed by atoms with E-state index < -0.39 is 0 Å². The molecular weight excluding hydrogens is 445 g/mol. The van der Waals surface area contributed by atoms with E-state index in [0.717, 1.165) is 43.2 Å². The standard InChI is InChI=1S/C27H28FN5O2/c1-27(20-2-3-20)7-9-32(26(27)35)23-6-8-29-24(13-23)25(34)30-14-17-10-18(12-21(28)11-17)19-15-31-33(16-19)22-4-5-22/h6,8,10-13,15-16,20,22H,2-5,7,9,14H2,1H3,(H,30,34)/t27-/m0/s1. The van der Waals surface area contributed by atoms with Gasteiger partial charge in [-0.05, 0) is 79.5 Å². The molecule has 1 saturated heterocycles. The molecule has 7 nitrogen and oxygen atoms in total. The van der Waals surface area contributed by atoms with Gasteiger partial charge >= 0.3 is 0 Å². The molecule has 2 aromatic heterocycles. The number of pyridine rings is 1. The first-order valence-electron chi connectivity index (χ1n) is 12.3. The zero-order chi connectivity index (χ0) is 24.2. The van der Waals surface area contributed by atoms with Crippen molar-refractivity contribution >= 4 is 17.5 Å². The molecule has 35 heavy (non-hydrogen) atoms. The Labute approximate surface area is 203 Å². The Morgan fingerprint density at radius 1 is 1.17 bits per heavy atom. The first-order chi connectivity index (χ1) is 16.9. The van der Waals surface area contributed by atoms with Crippen LogP contribution in [0.1, 0.15) is 61.1 Å². The van der Waals surface area contributed by atoms with Crippen molar-refractivity contribution in [1.82, 2.24) is 20.1 Å². The van der Waals surface area contributed by atoms with E-state index in [1.807, 2.05) is 16.9 Å². The second kappa shape index (κ2) is 8.29. The number of nitrogens with zero attached hydrogens (tertiary/aromatic N) is 4. The SMILES string of the molecule is C[C@@]1(C2CC2)CCN(c2ccnc(C(=O)NCc3cc(F)cc(-c4cnn(C5CC5)c4)c3)c2)C1=O. The molecule has 3 heterocycles. The highest BCUT2D eigenvalue weighted by Crippen LogP contribution is 2.51. The van der Waals surface area contributed by atoms with Crippen molar-refractivity contribution in [2.45, 2.75) is 51.6 Å². The highest BCUT2D eigenvalue weighted by molar-refractivity contribution is 6.01. The third-order valence-corrected chi connectivity index (χ3v) is 7.62. The number of rotatable bonds is 7. The Kier molecular flexibility index (Phi) is 5.20. The van der Waals surface area contributed by atoms with Gasteiger partial charge in [0.25, 0.3) is 5.91 Å². The molecule has 0 spiro atoms. The average Bonchev–Trinajstić information content (AvgIpc) is 3.80. The van der Waals surface area contributed by atoms with Crippen LogP contribution in [0, 0.1) is 17.2 Å². The fourth-order valence-electron chi connectivity index (χ4n) is 5.14. The van der Waals surface area contributed by atoms with Crippen molar-refractivity contribution in [2.75, 3.05) is 11.4 Å². The van der Waals surface area contributed by atoms with Crippen LogP contribution in [0.15, 0.2) is 48.9 Å². The predicted molar refractivity (Wildman–Crippen MR) is 129 cm³/mol. The van der Waals surface area contributed by atoms with Crippen LogP contribution in [0.3, 0.4) is 0 Å². The number of benzene rings is 1. The maximum Gasteiger partial charge on any atom is 0.270 e. The largest absolute Gasteiger partial charge is 0.347 e. The topological polar surface area (TPSA) is 80.1 Å². The van der Waals surface area contributed by atoms with Gasteiger partial charge in [0.2, 0.25) is 5.91 Å². The zero-order valence-corrected chi connectivity index (χ0v) is 19.7. The Morgan fingerprint density at radius 3 is 2.77 bits per heavy atom. The molecule has 3 fully saturated rings. The van der Waals surface area contributed by atoms with Crippen LogP contribution in [0.4, 0.5) is 10.1 Å². The smallest absolute Gasteiger partial charge is 0.270 e. The maximum absolute atomic E-state index is 14.3. The minimum absolute atomic E-state index is 0.134. The van der Waals surface area contributed by atoms with Crippen molar-refractivity contribution in [1.29, 1.82) is 0 Å². The summed E-state index contributed by atoms with van der Waals surface area (Å²) in [6, 6.07) is 8.65. The number of hydrogen-bond acceptors (Lipinski definition) is 4. The first kappa shape index (κ1) is 21.9. The molecule has 1 N–H and O–H groups in total. The van der Waals surface area contributed by atoms with E-state index >= 15 is 0 Å². The lowest BCUT2D eigenvalue weighted by Crippen LogP contribution is -2.34. The number of halogens is 1. The molecule has 1 atom stereocenters. The molecule has 180 valence electrons. The summed E-state index contributed by atoms with van der Waals surface area (Å²) in [6.45, 7) is 2.88. The first-order valence-corrected chi connectivity index (χ1v) is 12.3. The summed E-state index contributed by atoms with van der Waals surface area (Å²) >= 11 is 0. The normalized spacial score (nSPS) is 22.0. The van der Waals surface area contributed by atoms with Crippen LogP contribution in [-0.4, -0.2) is 33.1 Å². The molecule has 0 unspecified atom stereocenters. The zero-order valence-electron chi connectivity index (χ0n) is 19.7. The lowest BCUT2D eigenvalue weighted by atomic mass is 9.83. The number of aromatic nitrogens is 3. The van der Waals surface area contributed by atoms with Crippen LogP contribution in [0.5, 0.6) is 0 Å². The van der Waals surface area contributed by atoms with Gasteiger partial charge in [-0.3, -0.25) is 19.3 Å². The van der Waals surface area contributed by atoms with Crippen LogP contribution < -0.4 is 10.2 Å². The number of nitrogens with one attached hydrogen (secondary N) is 1. The second-order valence-corrected chi connectivity index (χ2v) is 10.3. The van der Waals surface area contributed by atoms with Gasteiger partial charge in [0.15, 0.2) is 0 Å². The quantitative estimate of drug-likeness (QED) is 0.548. The molecule has 3 aromatic rings. The number of hydrogen-bond donors (Lipinski definition) is 1. The molecule has 2 aliphatic carbocycles. The Balaban J connectivity index is 1.14. The van der Waals surface area contributed by atoms with Crippen molar-refractivity contribution in [3.8, 4) is 11.1 Å². The summed E-state index contributed by atoms with van der Waals surface area (Å²) in [4.78, 5) is 31.9. The molecule has 2 amide bonds. The molecular formula is C27H28FN5O2. The van der Waals surface area contributed by atoms with Crippen LogP contribution in [0.2, 0.25) is 0 Å². The lowest BCUT2D eigenvalue weighted by Gasteiger charge is -2.23. The maximum atomic E-state index is 14.3. The molecule has 0 radical (unpaired) electrons. The highest BCUT2D eigenvalue weighted by Gasteiger charge is 2.52. The van der Waals surface area contributed by atoms with Gasteiger partial charge in [-0.25, -0.2) is 4.39 Å². The van der Waals surface area contributed by atoms with Gasteiger partial charge in [0.05, 0.1) is 17.7 Å². The van der Waals surface area contributed by atoms with Crippen LogP contribution >= 0.6 is 0 Å². The number of carbonyl (C=O) groups excluding carboxylic acids is 2. The molecule has 1 aromatic carbocycles. The van der Waals surface area contributed by atoms with E-state index in [0.29, 0.717) is 29.8 Å². The summed E-state index contributed by atoms with van der Waals surface area (Å²) < 4.78 is 16.3. The van der Waals surface area contributed by atoms with Gasteiger partial charge in [0.1, 0.15) is 11.5 Å².